The Kier molecular flexibility index (Phi) is 6.63. The van der Waals surface area contributed by atoms with Gasteiger partial charge in [0.15, 0.2) is 16.3 Å². The van der Waals surface area contributed by atoms with Gasteiger partial charge in [0.05, 0.1) is 12.3 Å². The number of hydrogen-bond donors (Lipinski definition) is 3. The lowest BCUT2D eigenvalue weighted by Crippen LogP contribution is -2.30. The number of nitrogens with one attached hydrogen (secondary N) is 1. The Labute approximate surface area is 175 Å². The van der Waals surface area contributed by atoms with Gasteiger partial charge in [0.25, 0.3) is 5.56 Å². The lowest BCUT2D eigenvalue weighted by atomic mass is 10.2. The van der Waals surface area contributed by atoms with Gasteiger partial charge in [-0.15, -0.1) is 0 Å². The van der Waals surface area contributed by atoms with Crippen molar-refractivity contribution in [2.45, 2.75) is 31.1 Å². The standard InChI is InChI=1S/C19H23N5O5S/c1-3-11-4-6-13(7-5-11)29-9-12(25)8-24-15-16(21-19(24)30-10-14(20)26)23(2)18(28)22-17(15)27/h4-7,12,25H,3,8-10H2,1-2H3,(H2,20,26)(H,22,27,28)/t12-/m0/s1. The summed E-state index contributed by atoms with van der Waals surface area (Å²) in [6, 6.07) is 7.55. The minimum Gasteiger partial charge on any atom is -0.491 e. The SMILES string of the molecule is CCc1ccc(OC[C@@H](O)Cn2c(SCC(N)=O)nc3c2c(=O)[nH]c(=O)n3C)cc1. The molecule has 1 atom stereocenters. The molecule has 0 radical (unpaired) electrons. The van der Waals surface area contributed by atoms with Gasteiger partial charge in [-0.2, -0.15) is 0 Å². The maximum atomic E-state index is 12.4. The van der Waals surface area contributed by atoms with Crippen LogP contribution in [-0.2, 0) is 24.8 Å². The van der Waals surface area contributed by atoms with E-state index >= 15 is 0 Å². The highest BCUT2D eigenvalue weighted by Gasteiger charge is 2.20. The fourth-order valence-corrected chi connectivity index (χ4v) is 3.65. The van der Waals surface area contributed by atoms with Gasteiger partial charge in [0.1, 0.15) is 18.5 Å². The second-order valence-electron chi connectivity index (χ2n) is 6.71. The molecule has 0 fully saturated rings. The van der Waals surface area contributed by atoms with Gasteiger partial charge in [-0.25, -0.2) is 9.78 Å². The summed E-state index contributed by atoms with van der Waals surface area (Å²) in [6.45, 7) is 2.01. The number of amides is 1. The highest BCUT2D eigenvalue weighted by molar-refractivity contribution is 7.99. The quantitative estimate of drug-likeness (QED) is 0.403. The molecule has 0 aliphatic heterocycles. The monoisotopic (exact) mass is 433 g/mol. The first kappa shape index (κ1) is 21.7. The number of aromatic amines is 1. The predicted molar refractivity (Wildman–Crippen MR) is 113 cm³/mol. The number of aryl methyl sites for hydroxylation is 2. The molecule has 0 spiro atoms. The van der Waals surface area contributed by atoms with Crippen molar-refractivity contribution in [3.8, 4) is 5.75 Å². The van der Waals surface area contributed by atoms with E-state index in [1.807, 2.05) is 24.3 Å². The van der Waals surface area contributed by atoms with E-state index in [4.69, 9.17) is 10.5 Å². The molecule has 11 heteroatoms. The summed E-state index contributed by atoms with van der Waals surface area (Å²) >= 11 is 1.02. The fourth-order valence-electron chi connectivity index (χ4n) is 2.91. The molecule has 10 nitrogen and oxygen atoms in total. The highest BCUT2D eigenvalue weighted by Crippen LogP contribution is 2.22. The molecule has 0 saturated heterocycles. The van der Waals surface area contributed by atoms with E-state index in [2.05, 4.69) is 16.9 Å². The van der Waals surface area contributed by atoms with E-state index in [1.165, 1.54) is 21.7 Å². The van der Waals surface area contributed by atoms with Crippen molar-refractivity contribution in [3.05, 3.63) is 50.7 Å². The van der Waals surface area contributed by atoms with Crippen LogP contribution in [0.5, 0.6) is 5.75 Å². The summed E-state index contributed by atoms with van der Waals surface area (Å²) < 4.78 is 8.30. The highest BCUT2D eigenvalue weighted by atomic mass is 32.2. The topological polar surface area (TPSA) is 145 Å². The van der Waals surface area contributed by atoms with Gasteiger partial charge in [0.2, 0.25) is 5.91 Å². The number of aliphatic hydroxyl groups is 1. The van der Waals surface area contributed by atoms with Crippen LogP contribution in [0.15, 0.2) is 39.0 Å². The molecular weight excluding hydrogens is 410 g/mol. The Morgan fingerprint density at radius 3 is 2.67 bits per heavy atom. The molecule has 0 bridgehead atoms. The van der Waals surface area contributed by atoms with E-state index < -0.39 is 23.3 Å². The third kappa shape index (κ3) is 4.74. The number of aliphatic hydroxyl groups excluding tert-OH is 1. The second kappa shape index (κ2) is 9.18. The molecule has 3 rings (SSSR count). The van der Waals surface area contributed by atoms with E-state index in [-0.39, 0.29) is 30.1 Å². The van der Waals surface area contributed by atoms with Crippen LogP contribution < -0.4 is 21.7 Å². The van der Waals surface area contributed by atoms with E-state index in [0.29, 0.717) is 10.9 Å². The van der Waals surface area contributed by atoms with Gasteiger partial charge >= 0.3 is 5.69 Å². The zero-order chi connectivity index (χ0) is 21.8. The van der Waals surface area contributed by atoms with Crippen LogP contribution in [0.4, 0.5) is 0 Å². The fraction of sp³-hybridized carbons (Fsp3) is 0.368. The zero-order valence-electron chi connectivity index (χ0n) is 16.6. The number of ether oxygens (including phenoxy) is 1. The summed E-state index contributed by atoms with van der Waals surface area (Å²) in [5, 5.41) is 10.8. The predicted octanol–water partition coefficient (Wildman–Crippen LogP) is 0.00300. The lowest BCUT2D eigenvalue weighted by molar-refractivity contribution is -0.115. The van der Waals surface area contributed by atoms with Crippen LogP contribution in [-0.4, -0.2) is 48.6 Å². The molecule has 30 heavy (non-hydrogen) atoms. The van der Waals surface area contributed by atoms with Crippen molar-refractivity contribution in [3.63, 3.8) is 0 Å². The second-order valence-corrected chi connectivity index (χ2v) is 7.66. The Bertz CT molecular complexity index is 1170. The third-order valence-electron chi connectivity index (χ3n) is 4.48. The number of H-pyrrole nitrogens is 1. The summed E-state index contributed by atoms with van der Waals surface area (Å²) in [7, 11) is 1.47. The Morgan fingerprint density at radius 1 is 1.33 bits per heavy atom. The van der Waals surface area contributed by atoms with Crippen LogP contribution in [0.1, 0.15) is 12.5 Å². The number of carbonyl (C=O) groups excluding carboxylic acids is 1. The number of imidazole rings is 1. The molecular formula is C19H23N5O5S. The van der Waals surface area contributed by atoms with Crippen LogP contribution in [0.2, 0.25) is 0 Å². The number of hydrogen-bond acceptors (Lipinski definition) is 7. The van der Waals surface area contributed by atoms with Gasteiger partial charge in [-0.05, 0) is 24.1 Å². The lowest BCUT2D eigenvalue weighted by Gasteiger charge is -2.15. The van der Waals surface area contributed by atoms with Gasteiger partial charge < -0.3 is 20.1 Å². The Hall–Kier alpha value is -3.05. The van der Waals surface area contributed by atoms with Crippen molar-refractivity contribution in [1.29, 1.82) is 0 Å². The number of rotatable bonds is 9. The first-order chi connectivity index (χ1) is 14.3. The summed E-state index contributed by atoms with van der Waals surface area (Å²) in [4.78, 5) is 42.0. The van der Waals surface area contributed by atoms with Gasteiger partial charge in [-0.3, -0.25) is 19.1 Å². The van der Waals surface area contributed by atoms with Crippen molar-refractivity contribution >= 4 is 28.8 Å². The first-order valence-electron chi connectivity index (χ1n) is 9.30. The molecule has 2 heterocycles. The average molecular weight is 433 g/mol. The number of nitrogens with zero attached hydrogens (tertiary/aromatic N) is 3. The normalized spacial score (nSPS) is 12.2. The molecule has 1 aromatic carbocycles. The van der Waals surface area contributed by atoms with Crippen molar-refractivity contribution in [1.82, 2.24) is 19.1 Å². The maximum Gasteiger partial charge on any atom is 0.329 e. The van der Waals surface area contributed by atoms with Crippen molar-refractivity contribution < 1.29 is 14.6 Å². The Morgan fingerprint density at radius 2 is 2.03 bits per heavy atom. The number of carbonyl (C=O) groups is 1. The number of aromatic nitrogens is 4. The molecule has 3 aromatic rings. The average Bonchev–Trinajstić information content (AvgIpc) is 3.08. The number of fused-ring (bicyclic) bond motifs is 1. The van der Waals surface area contributed by atoms with E-state index in [9.17, 15) is 19.5 Å². The van der Waals surface area contributed by atoms with E-state index in [1.54, 1.807) is 0 Å². The minimum absolute atomic E-state index is 0.0191. The number of thioether (sulfide) groups is 1. The molecule has 160 valence electrons. The van der Waals surface area contributed by atoms with Gasteiger partial charge in [-0.1, -0.05) is 30.8 Å². The van der Waals surface area contributed by atoms with Crippen LogP contribution in [0.25, 0.3) is 11.2 Å². The van der Waals surface area contributed by atoms with Crippen LogP contribution in [0, 0.1) is 0 Å². The smallest absolute Gasteiger partial charge is 0.329 e. The summed E-state index contributed by atoms with van der Waals surface area (Å²) in [6.07, 6.45) is -0.0582. The number of nitrogens with two attached hydrogens (primary N) is 1. The van der Waals surface area contributed by atoms with Crippen LogP contribution in [0.3, 0.4) is 0 Å². The van der Waals surface area contributed by atoms with Gasteiger partial charge in [0, 0.05) is 7.05 Å². The number of benzene rings is 1. The van der Waals surface area contributed by atoms with E-state index in [0.717, 1.165) is 18.2 Å². The summed E-state index contributed by atoms with van der Waals surface area (Å²) in [5.41, 5.74) is 5.42. The molecule has 0 aliphatic carbocycles. The molecule has 0 saturated carbocycles. The third-order valence-corrected chi connectivity index (χ3v) is 5.48. The minimum atomic E-state index is -0.974. The van der Waals surface area contributed by atoms with Crippen molar-refractivity contribution in [2.24, 2.45) is 12.8 Å². The molecule has 0 aliphatic rings. The maximum absolute atomic E-state index is 12.4. The molecule has 0 unspecified atom stereocenters. The zero-order valence-corrected chi connectivity index (χ0v) is 17.4. The Balaban J connectivity index is 1.85. The molecule has 4 N–H and O–H groups in total. The summed E-state index contributed by atoms with van der Waals surface area (Å²) in [5.74, 6) is -0.00272. The van der Waals surface area contributed by atoms with Crippen LogP contribution >= 0.6 is 11.8 Å². The molecule has 2 aromatic heterocycles. The largest absolute Gasteiger partial charge is 0.491 e. The first-order valence-corrected chi connectivity index (χ1v) is 10.3. The molecule has 1 amide bonds. The number of primary amides is 1. The van der Waals surface area contributed by atoms with Crippen molar-refractivity contribution in [2.75, 3.05) is 12.4 Å².